The summed E-state index contributed by atoms with van der Waals surface area (Å²) >= 11 is 0. The van der Waals surface area contributed by atoms with Crippen molar-refractivity contribution < 1.29 is 10.0 Å². The molecule has 0 radical (unpaired) electrons. The molecule has 6 heteroatoms. The van der Waals surface area contributed by atoms with Crippen LogP contribution < -0.4 is 16.4 Å². The maximum absolute atomic E-state index is 11.5. The molecule has 1 aromatic carbocycles. The number of carbonyl (C=O) groups excluding carboxylic acids is 1. The molecule has 0 bridgehead atoms. The molecule has 5 N–H and O–H groups in total. The Morgan fingerprint density at radius 1 is 1.43 bits per heavy atom. The van der Waals surface area contributed by atoms with E-state index in [1.165, 1.54) is 0 Å². The third-order valence-corrected chi connectivity index (χ3v) is 3.36. The lowest BCUT2D eigenvalue weighted by atomic mass is 10.1. The molecule has 0 heterocycles. The second kappa shape index (κ2) is 7.64. The van der Waals surface area contributed by atoms with Crippen LogP contribution in [0.15, 0.2) is 29.4 Å². The van der Waals surface area contributed by atoms with Crippen molar-refractivity contribution in [2.24, 2.45) is 10.9 Å². The summed E-state index contributed by atoms with van der Waals surface area (Å²) in [5.74, 6) is 0.252. The summed E-state index contributed by atoms with van der Waals surface area (Å²) in [5.41, 5.74) is 7.30. The van der Waals surface area contributed by atoms with E-state index in [4.69, 9.17) is 10.9 Å². The SMILES string of the molecule is NC(=NO)c1cccc(CNCCCC(=O)NC2CC2)c1. The number of nitrogens with zero attached hydrogens (tertiary/aromatic N) is 1. The van der Waals surface area contributed by atoms with Crippen LogP contribution in [-0.4, -0.2) is 29.5 Å². The number of amides is 1. The highest BCUT2D eigenvalue weighted by molar-refractivity contribution is 5.97. The first-order valence-electron chi connectivity index (χ1n) is 7.26. The standard InChI is InChI=1S/C15H22N4O2/c16-15(19-21)12-4-1-3-11(9-12)10-17-8-2-5-14(20)18-13-6-7-13/h1,3-4,9,13,17,21H,2,5-8,10H2,(H2,16,19)(H,18,20). The number of carbonyl (C=O) groups is 1. The molecule has 1 fully saturated rings. The maximum atomic E-state index is 11.5. The van der Waals surface area contributed by atoms with Crippen molar-refractivity contribution in [3.05, 3.63) is 35.4 Å². The van der Waals surface area contributed by atoms with Gasteiger partial charge in [-0.05, 0) is 37.4 Å². The van der Waals surface area contributed by atoms with Gasteiger partial charge in [0.05, 0.1) is 0 Å². The molecule has 6 nitrogen and oxygen atoms in total. The molecule has 1 aliphatic rings. The van der Waals surface area contributed by atoms with Crippen LogP contribution in [-0.2, 0) is 11.3 Å². The lowest BCUT2D eigenvalue weighted by Crippen LogP contribution is -2.26. The third kappa shape index (κ3) is 5.43. The molecule has 1 aliphatic carbocycles. The van der Waals surface area contributed by atoms with Gasteiger partial charge in [-0.25, -0.2) is 0 Å². The highest BCUT2D eigenvalue weighted by Gasteiger charge is 2.22. The fourth-order valence-corrected chi connectivity index (χ4v) is 2.03. The number of nitrogens with one attached hydrogen (secondary N) is 2. The Labute approximate surface area is 124 Å². The van der Waals surface area contributed by atoms with Crippen molar-refractivity contribution in [3.8, 4) is 0 Å². The van der Waals surface area contributed by atoms with E-state index in [2.05, 4.69) is 15.8 Å². The van der Waals surface area contributed by atoms with Crippen LogP contribution in [0, 0.1) is 0 Å². The maximum Gasteiger partial charge on any atom is 0.220 e. The summed E-state index contributed by atoms with van der Waals surface area (Å²) in [4.78, 5) is 11.5. The van der Waals surface area contributed by atoms with Crippen LogP contribution >= 0.6 is 0 Å². The Hall–Kier alpha value is -2.08. The minimum atomic E-state index is 0.105. The highest BCUT2D eigenvalue weighted by Crippen LogP contribution is 2.18. The van der Waals surface area contributed by atoms with Crippen molar-refractivity contribution in [3.63, 3.8) is 0 Å². The van der Waals surface area contributed by atoms with Gasteiger partial charge in [0.1, 0.15) is 0 Å². The van der Waals surface area contributed by atoms with Crippen LogP contribution in [0.3, 0.4) is 0 Å². The zero-order valence-electron chi connectivity index (χ0n) is 12.0. The number of benzene rings is 1. The molecule has 1 amide bonds. The molecule has 0 saturated heterocycles. The van der Waals surface area contributed by atoms with Crippen molar-refractivity contribution in [1.82, 2.24) is 10.6 Å². The normalized spacial score (nSPS) is 15.0. The van der Waals surface area contributed by atoms with E-state index in [0.717, 1.165) is 31.4 Å². The first-order valence-corrected chi connectivity index (χ1v) is 7.26. The van der Waals surface area contributed by atoms with Crippen molar-refractivity contribution in [1.29, 1.82) is 0 Å². The summed E-state index contributed by atoms with van der Waals surface area (Å²) in [7, 11) is 0. The zero-order valence-corrected chi connectivity index (χ0v) is 12.0. The second-order valence-electron chi connectivity index (χ2n) is 5.31. The van der Waals surface area contributed by atoms with Crippen LogP contribution in [0.1, 0.15) is 36.8 Å². The van der Waals surface area contributed by atoms with Crippen LogP contribution in [0.2, 0.25) is 0 Å². The molecule has 21 heavy (non-hydrogen) atoms. The molecule has 0 spiro atoms. The number of amidine groups is 1. The van der Waals surface area contributed by atoms with Crippen molar-refractivity contribution in [2.45, 2.75) is 38.3 Å². The fraction of sp³-hybridized carbons (Fsp3) is 0.467. The van der Waals surface area contributed by atoms with E-state index in [1.807, 2.05) is 18.2 Å². The molecular formula is C15H22N4O2. The van der Waals surface area contributed by atoms with E-state index >= 15 is 0 Å². The first kappa shape index (κ1) is 15.3. The summed E-state index contributed by atoms with van der Waals surface area (Å²) in [6.07, 6.45) is 3.63. The molecule has 1 aromatic rings. The van der Waals surface area contributed by atoms with E-state index in [1.54, 1.807) is 6.07 Å². The van der Waals surface area contributed by atoms with Crippen LogP contribution in [0.4, 0.5) is 0 Å². The second-order valence-corrected chi connectivity index (χ2v) is 5.31. The average Bonchev–Trinajstić information content (AvgIpc) is 3.30. The zero-order chi connectivity index (χ0) is 15.1. The fourth-order valence-electron chi connectivity index (χ4n) is 2.03. The summed E-state index contributed by atoms with van der Waals surface area (Å²) in [5, 5.41) is 17.9. The van der Waals surface area contributed by atoms with Crippen LogP contribution in [0.5, 0.6) is 0 Å². The molecule has 114 valence electrons. The monoisotopic (exact) mass is 290 g/mol. The number of oxime groups is 1. The van der Waals surface area contributed by atoms with Gasteiger partial charge in [-0.2, -0.15) is 0 Å². The Bertz CT molecular complexity index is 512. The Balaban J connectivity index is 1.65. The number of hydrogen-bond acceptors (Lipinski definition) is 4. The van der Waals surface area contributed by atoms with E-state index in [9.17, 15) is 4.79 Å². The molecule has 0 unspecified atom stereocenters. The Morgan fingerprint density at radius 2 is 2.24 bits per heavy atom. The minimum absolute atomic E-state index is 0.105. The van der Waals surface area contributed by atoms with Gasteiger partial charge in [0, 0.05) is 24.6 Å². The first-order chi connectivity index (χ1) is 10.2. The number of nitrogens with two attached hydrogens (primary N) is 1. The summed E-state index contributed by atoms with van der Waals surface area (Å²) in [6.45, 7) is 1.47. The smallest absolute Gasteiger partial charge is 0.220 e. The summed E-state index contributed by atoms with van der Waals surface area (Å²) in [6, 6.07) is 7.95. The average molecular weight is 290 g/mol. The molecule has 0 aromatic heterocycles. The van der Waals surface area contributed by atoms with Gasteiger partial charge in [0.25, 0.3) is 0 Å². The number of hydrogen-bond donors (Lipinski definition) is 4. The molecular weight excluding hydrogens is 268 g/mol. The van der Waals surface area contributed by atoms with Gasteiger partial charge in [-0.1, -0.05) is 23.4 Å². The van der Waals surface area contributed by atoms with Gasteiger partial charge in [0.2, 0.25) is 5.91 Å². The molecule has 1 saturated carbocycles. The van der Waals surface area contributed by atoms with Crippen molar-refractivity contribution >= 4 is 11.7 Å². The molecule has 0 aliphatic heterocycles. The van der Waals surface area contributed by atoms with Gasteiger partial charge >= 0.3 is 0 Å². The van der Waals surface area contributed by atoms with E-state index in [0.29, 0.717) is 24.6 Å². The van der Waals surface area contributed by atoms with E-state index < -0.39 is 0 Å². The van der Waals surface area contributed by atoms with Gasteiger partial charge < -0.3 is 21.6 Å². The van der Waals surface area contributed by atoms with Gasteiger partial charge in [0.15, 0.2) is 5.84 Å². The minimum Gasteiger partial charge on any atom is -0.409 e. The van der Waals surface area contributed by atoms with E-state index in [-0.39, 0.29) is 11.7 Å². The topological polar surface area (TPSA) is 99.7 Å². The molecule has 2 rings (SSSR count). The highest BCUT2D eigenvalue weighted by atomic mass is 16.4. The van der Waals surface area contributed by atoms with Crippen molar-refractivity contribution in [2.75, 3.05) is 6.54 Å². The summed E-state index contributed by atoms with van der Waals surface area (Å²) < 4.78 is 0. The lowest BCUT2D eigenvalue weighted by Gasteiger charge is -2.07. The Morgan fingerprint density at radius 3 is 2.95 bits per heavy atom. The quantitative estimate of drug-likeness (QED) is 0.188. The predicted octanol–water partition coefficient (Wildman–Crippen LogP) is 0.929. The van der Waals surface area contributed by atoms with Crippen LogP contribution in [0.25, 0.3) is 0 Å². The van der Waals surface area contributed by atoms with Gasteiger partial charge in [-0.15, -0.1) is 0 Å². The Kier molecular flexibility index (Phi) is 5.57. The number of rotatable bonds is 8. The predicted molar refractivity (Wildman–Crippen MR) is 81.1 cm³/mol. The third-order valence-electron chi connectivity index (χ3n) is 3.36. The lowest BCUT2D eigenvalue weighted by molar-refractivity contribution is -0.121. The largest absolute Gasteiger partial charge is 0.409 e. The molecule has 0 atom stereocenters. The van der Waals surface area contributed by atoms with Gasteiger partial charge in [-0.3, -0.25) is 4.79 Å².